The molecule has 5 heteroatoms. The first-order valence-electron chi connectivity index (χ1n) is 5.21. The molecule has 0 amide bonds. The van der Waals surface area contributed by atoms with Crippen LogP contribution in [0.25, 0.3) is 0 Å². The van der Waals surface area contributed by atoms with Crippen molar-refractivity contribution >= 4 is 0 Å². The van der Waals surface area contributed by atoms with Crippen LogP contribution < -0.4 is 10.5 Å². The van der Waals surface area contributed by atoms with Gasteiger partial charge in [0.1, 0.15) is 17.3 Å². The average Bonchev–Trinajstić information content (AvgIpc) is 2.33. The van der Waals surface area contributed by atoms with Crippen LogP contribution in [0.3, 0.4) is 0 Å². The van der Waals surface area contributed by atoms with Gasteiger partial charge in [-0.15, -0.1) is 0 Å². The molecule has 0 unspecified atom stereocenters. The molecular formula is C13H10F3NO. The minimum Gasteiger partial charge on any atom is -0.457 e. The first-order valence-corrected chi connectivity index (χ1v) is 5.21. The molecule has 2 aromatic carbocycles. The maximum atomic E-state index is 13.2. The quantitative estimate of drug-likeness (QED) is 0.910. The summed E-state index contributed by atoms with van der Waals surface area (Å²) in [5.41, 5.74) is 5.94. The Morgan fingerprint density at radius 2 is 1.67 bits per heavy atom. The van der Waals surface area contributed by atoms with Crippen molar-refractivity contribution in [3.8, 4) is 11.5 Å². The van der Waals surface area contributed by atoms with Crippen molar-refractivity contribution in [2.24, 2.45) is 5.73 Å². The van der Waals surface area contributed by atoms with E-state index < -0.39 is 17.5 Å². The molecule has 18 heavy (non-hydrogen) atoms. The minimum absolute atomic E-state index is 0.0856. The van der Waals surface area contributed by atoms with Crippen molar-refractivity contribution in [1.29, 1.82) is 0 Å². The summed E-state index contributed by atoms with van der Waals surface area (Å²) in [6.07, 6.45) is 0. The van der Waals surface area contributed by atoms with Gasteiger partial charge in [-0.25, -0.2) is 13.2 Å². The van der Waals surface area contributed by atoms with Crippen molar-refractivity contribution in [3.05, 3.63) is 59.4 Å². The molecule has 2 aromatic rings. The smallest absolute Gasteiger partial charge is 0.162 e. The summed E-state index contributed by atoms with van der Waals surface area (Å²) >= 11 is 0. The largest absolute Gasteiger partial charge is 0.457 e. The molecule has 0 spiro atoms. The third-order valence-corrected chi connectivity index (χ3v) is 2.29. The van der Waals surface area contributed by atoms with Gasteiger partial charge in [-0.05, 0) is 29.8 Å². The Hall–Kier alpha value is -2.01. The van der Waals surface area contributed by atoms with E-state index in [-0.39, 0.29) is 18.0 Å². The fourth-order valence-electron chi connectivity index (χ4n) is 1.47. The monoisotopic (exact) mass is 253 g/mol. The summed E-state index contributed by atoms with van der Waals surface area (Å²) in [7, 11) is 0. The van der Waals surface area contributed by atoms with Gasteiger partial charge in [-0.3, -0.25) is 0 Å². The topological polar surface area (TPSA) is 35.2 Å². The third-order valence-electron chi connectivity index (χ3n) is 2.29. The Labute approximate surface area is 102 Å². The molecule has 94 valence electrons. The number of benzene rings is 2. The maximum Gasteiger partial charge on any atom is 0.162 e. The highest BCUT2D eigenvalue weighted by molar-refractivity contribution is 5.35. The van der Waals surface area contributed by atoms with Crippen molar-refractivity contribution in [3.63, 3.8) is 0 Å². The second-order valence-electron chi connectivity index (χ2n) is 3.68. The van der Waals surface area contributed by atoms with Crippen molar-refractivity contribution in [1.82, 2.24) is 0 Å². The fraction of sp³-hybridized carbons (Fsp3) is 0.0769. The molecule has 0 aromatic heterocycles. The van der Waals surface area contributed by atoms with Crippen LogP contribution in [0.1, 0.15) is 5.56 Å². The number of nitrogens with two attached hydrogens (primary N) is 1. The number of rotatable bonds is 3. The third kappa shape index (κ3) is 2.81. The number of hydrogen-bond acceptors (Lipinski definition) is 2. The zero-order valence-corrected chi connectivity index (χ0v) is 9.29. The lowest BCUT2D eigenvalue weighted by Crippen LogP contribution is -1.97. The second kappa shape index (κ2) is 5.10. The Morgan fingerprint density at radius 1 is 0.889 bits per heavy atom. The molecule has 0 saturated heterocycles. The molecular weight excluding hydrogens is 243 g/mol. The fourth-order valence-corrected chi connectivity index (χ4v) is 1.47. The lowest BCUT2D eigenvalue weighted by atomic mass is 10.2. The van der Waals surface area contributed by atoms with E-state index >= 15 is 0 Å². The highest BCUT2D eigenvalue weighted by Gasteiger charge is 2.06. The summed E-state index contributed by atoms with van der Waals surface area (Å²) in [5, 5.41) is 0. The van der Waals surface area contributed by atoms with Crippen LogP contribution in [0.5, 0.6) is 11.5 Å². The SMILES string of the molecule is NCc1cc(F)cc(Oc2ccc(F)c(F)c2)c1. The average molecular weight is 253 g/mol. The molecule has 0 atom stereocenters. The van der Waals surface area contributed by atoms with Crippen molar-refractivity contribution < 1.29 is 17.9 Å². The van der Waals surface area contributed by atoms with Gasteiger partial charge < -0.3 is 10.5 Å². The highest BCUT2D eigenvalue weighted by Crippen LogP contribution is 2.24. The zero-order valence-electron chi connectivity index (χ0n) is 9.29. The molecule has 0 heterocycles. The normalized spacial score (nSPS) is 10.4. The summed E-state index contributed by atoms with van der Waals surface area (Å²) < 4.78 is 44.1. The standard InChI is InChI=1S/C13H10F3NO/c14-9-3-8(7-17)4-11(5-9)18-10-1-2-12(15)13(16)6-10/h1-6H,7,17H2. The zero-order chi connectivity index (χ0) is 13.1. The van der Waals surface area contributed by atoms with E-state index in [1.165, 1.54) is 18.2 Å². The van der Waals surface area contributed by atoms with Crippen LogP contribution >= 0.6 is 0 Å². The predicted octanol–water partition coefficient (Wildman–Crippen LogP) is 3.35. The first kappa shape index (κ1) is 12.4. The van der Waals surface area contributed by atoms with E-state index in [9.17, 15) is 13.2 Å². The van der Waals surface area contributed by atoms with Crippen LogP contribution in [0, 0.1) is 17.5 Å². The van der Waals surface area contributed by atoms with E-state index in [0.29, 0.717) is 5.56 Å². The Morgan fingerprint density at radius 3 is 2.33 bits per heavy atom. The van der Waals surface area contributed by atoms with Crippen LogP contribution in [0.2, 0.25) is 0 Å². The van der Waals surface area contributed by atoms with Gasteiger partial charge in [-0.1, -0.05) is 0 Å². The number of hydrogen-bond donors (Lipinski definition) is 1. The van der Waals surface area contributed by atoms with Crippen molar-refractivity contribution in [2.45, 2.75) is 6.54 Å². The van der Waals surface area contributed by atoms with Crippen LogP contribution in [-0.2, 0) is 6.54 Å². The van der Waals surface area contributed by atoms with Gasteiger partial charge in [-0.2, -0.15) is 0 Å². The summed E-state index contributed by atoms with van der Waals surface area (Å²) in [6.45, 7) is 0.159. The summed E-state index contributed by atoms with van der Waals surface area (Å²) in [6, 6.07) is 7.03. The molecule has 0 fully saturated rings. The van der Waals surface area contributed by atoms with E-state index in [1.807, 2.05) is 0 Å². The van der Waals surface area contributed by atoms with E-state index in [0.717, 1.165) is 18.2 Å². The van der Waals surface area contributed by atoms with E-state index in [4.69, 9.17) is 10.5 Å². The molecule has 0 aliphatic heterocycles. The lowest BCUT2D eigenvalue weighted by molar-refractivity contribution is 0.457. The molecule has 0 saturated carbocycles. The second-order valence-corrected chi connectivity index (χ2v) is 3.68. The molecule has 2 rings (SSSR count). The lowest BCUT2D eigenvalue weighted by Gasteiger charge is -2.07. The predicted molar refractivity (Wildman–Crippen MR) is 60.7 cm³/mol. The Balaban J connectivity index is 2.27. The van der Waals surface area contributed by atoms with Crippen LogP contribution in [0.4, 0.5) is 13.2 Å². The van der Waals surface area contributed by atoms with E-state index in [1.54, 1.807) is 0 Å². The van der Waals surface area contributed by atoms with E-state index in [2.05, 4.69) is 0 Å². The summed E-state index contributed by atoms with van der Waals surface area (Å²) in [5.74, 6) is -2.23. The molecule has 2 nitrogen and oxygen atoms in total. The molecule has 0 aliphatic carbocycles. The van der Waals surface area contributed by atoms with Gasteiger partial charge >= 0.3 is 0 Å². The minimum atomic E-state index is -1.03. The molecule has 2 N–H and O–H groups in total. The van der Waals surface area contributed by atoms with Gasteiger partial charge in [0.15, 0.2) is 11.6 Å². The number of ether oxygens (including phenoxy) is 1. The Bertz CT molecular complexity index is 572. The Kier molecular flexibility index (Phi) is 3.53. The molecule has 0 aliphatic rings. The van der Waals surface area contributed by atoms with Crippen LogP contribution in [-0.4, -0.2) is 0 Å². The number of halogens is 3. The van der Waals surface area contributed by atoms with Gasteiger partial charge in [0.05, 0.1) is 0 Å². The van der Waals surface area contributed by atoms with Gasteiger partial charge in [0.2, 0.25) is 0 Å². The van der Waals surface area contributed by atoms with Gasteiger partial charge in [0.25, 0.3) is 0 Å². The summed E-state index contributed by atoms with van der Waals surface area (Å²) in [4.78, 5) is 0. The highest BCUT2D eigenvalue weighted by atomic mass is 19.2. The first-order chi connectivity index (χ1) is 8.58. The molecule has 0 radical (unpaired) electrons. The van der Waals surface area contributed by atoms with Crippen LogP contribution in [0.15, 0.2) is 36.4 Å². The maximum absolute atomic E-state index is 13.2. The van der Waals surface area contributed by atoms with Crippen molar-refractivity contribution in [2.75, 3.05) is 0 Å². The van der Waals surface area contributed by atoms with Gasteiger partial charge in [0, 0.05) is 18.7 Å². The molecule has 0 bridgehead atoms.